The van der Waals surface area contributed by atoms with Crippen LogP contribution in [0.5, 0.6) is 0 Å². The van der Waals surface area contributed by atoms with Gasteiger partial charge in [-0.15, -0.1) is 0 Å². The Hall–Kier alpha value is -0.600. The number of hydrogen-bond acceptors (Lipinski definition) is 1. The average Bonchev–Trinajstić information content (AvgIpc) is 2.31. The Bertz CT molecular complexity index is 401. The van der Waals surface area contributed by atoms with Crippen molar-refractivity contribution >= 4 is 11.6 Å². The van der Waals surface area contributed by atoms with Crippen LogP contribution in [0.15, 0.2) is 18.2 Å². The van der Waals surface area contributed by atoms with Crippen molar-refractivity contribution in [3.63, 3.8) is 0 Å². The molecule has 0 bridgehead atoms. The quantitative estimate of drug-likeness (QED) is 0.764. The van der Waals surface area contributed by atoms with Gasteiger partial charge < -0.3 is 5.32 Å². The van der Waals surface area contributed by atoms with Crippen LogP contribution < -0.4 is 5.32 Å². The third-order valence-corrected chi connectivity index (χ3v) is 4.21. The predicted molar refractivity (Wildman–Crippen MR) is 74.6 cm³/mol. The monoisotopic (exact) mass is 269 g/mol. The van der Waals surface area contributed by atoms with E-state index in [1.807, 2.05) is 6.07 Å². The summed E-state index contributed by atoms with van der Waals surface area (Å²) in [4.78, 5) is 0. The van der Waals surface area contributed by atoms with Crippen LogP contribution in [0.1, 0.15) is 38.2 Å². The van der Waals surface area contributed by atoms with Crippen molar-refractivity contribution < 1.29 is 4.39 Å². The van der Waals surface area contributed by atoms with Crippen LogP contribution in [0, 0.1) is 11.2 Å². The zero-order valence-corrected chi connectivity index (χ0v) is 11.7. The minimum atomic E-state index is -0.301. The van der Waals surface area contributed by atoms with Crippen LogP contribution in [-0.2, 0) is 6.42 Å². The highest BCUT2D eigenvalue weighted by atomic mass is 35.5. The van der Waals surface area contributed by atoms with E-state index in [1.165, 1.54) is 19.3 Å². The van der Waals surface area contributed by atoms with Crippen molar-refractivity contribution in [3.8, 4) is 0 Å². The second-order valence-corrected chi connectivity index (χ2v) is 5.86. The molecular weight excluding hydrogens is 249 g/mol. The zero-order valence-electron chi connectivity index (χ0n) is 10.9. The number of halogens is 2. The van der Waals surface area contributed by atoms with Crippen LogP contribution in [0.4, 0.5) is 4.39 Å². The van der Waals surface area contributed by atoms with Crippen molar-refractivity contribution in [1.29, 1.82) is 0 Å². The van der Waals surface area contributed by atoms with Gasteiger partial charge in [-0.2, -0.15) is 0 Å². The largest absolute Gasteiger partial charge is 0.316 e. The minimum absolute atomic E-state index is 0.213. The van der Waals surface area contributed by atoms with Gasteiger partial charge in [0.2, 0.25) is 0 Å². The fraction of sp³-hybridized carbons (Fsp3) is 0.600. The first-order chi connectivity index (χ1) is 8.65. The molecular formula is C15H21ClFN. The molecule has 0 saturated heterocycles. The van der Waals surface area contributed by atoms with Crippen LogP contribution in [0.2, 0.25) is 5.02 Å². The molecule has 18 heavy (non-hydrogen) atoms. The fourth-order valence-electron chi connectivity index (χ4n) is 2.71. The van der Waals surface area contributed by atoms with Crippen molar-refractivity contribution in [1.82, 2.24) is 5.32 Å². The summed E-state index contributed by atoms with van der Waals surface area (Å²) in [7, 11) is 0. The van der Waals surface area contributed by atoms with Gasteiger partial charge in [-0.3, -0.25) is 0 Å². The van der Waals surface area contributed by atoms with E-state index in [9.17, 15) is 4.39 Å². The van der Waals surface area contributed by atoms with Gasteiger partial charge in [0, 0.05) is 6.54 Å². The van der Waals surface area contributed by atoms with E-state index in [0.717, 1.165) is 31.5 Å². The van der Waals surface area contributed by atoms with Crippen molar-refractivity contribution in [3.05, 3.63) is 34.6 Å². The lowest BCUT2D eigenvalue weighted by atomic mass is 9.65. The second kappa shape index (κ2) is 6.03. The number of hydrogen-bond donors (Lipinski definition) is 1. The van der Waals surface area contributed by atoms with Gasteiger partial charge in [0.05, 0.1) is 5.02 Å². The van der Waals surface area contributed by atoms with E-state index in [4.69, 9.17) is 11.6 Å². The van der Waals surface area contributed by atoms with Gasteiger partial charge >= 0.3 is 0 Å². The topological polar surface area (TPSA) is 12.0 Å². The molecule has 1 aromatic carbocycles. The van der Waals surface area contributed by atoms with Crippen molar-refractivity contribution in [2.45, 2.75) is 39.0 Å². The molecule has 1 nitrogen and oxygen atoms in total. The smallest absolute Gasteiger partial charge is 0.142 e. The Kier molecular flexibility index (Phi) is 4.63. The van der Waals surface area contributed by atoms with Gasteiger partial charge in [0.15, 0.2) is 0 Å². The summed E-state index contributed by atoms with van der Waals surface area (Å²) in [5.41, 5.74) is 1.41. The van der Waals surface area contributed by atoms with E-state index < -0.39 is 0 Å². The van der Waals surface area contributed by atoms with Gasteiger partial charge in [-0.25, -0.2) is 4.39 Å². The van der Waals surface area contributed by atoms with E-state index in [0.29, 0.717) is 5.41 Å². The molecule has 3 heteroatoms. The molecule has 1 aliphatic rings. The molecule has 0 radical (unpaired) electrons. The normalized spacial score (nSPS) is 17.5. The minimum Gasteiger partial charge on any atom is -0.316 e. The Labute approximate surface area is 114 Å². The Morgan fingerprint density at radius 2 is 2.17 bits per heavy atom. The summed E-state index contributed by atoms with van der Waals surface area (Å²) >= 11 is 5.71. The highest BCUT2D eigenvalue weighted by Gasteiger charge is 2.36. The van der Waals surface area contributed by atoms with Gasteiger partial charge in [0.25, 0.3) is 0 Å². The van der Waals surface area contributed by atoms with Crippen LogP contribution >= 0.6 is 11.6 Å². The lowest BCUT2D eigenvalue weighted by molar-refractivity contribution is 0.130. The summed E-state index contributed by atoms with van der Waals surface area (Å²) in [6.07, 6.45) is 5.90. The molecule has 0 amide bonds. The van der Waals surface area contributed by atoms with E-state index in [2.05, 4.69) is 12.2 Å². The Balaban J connectivity index is 1.98. The van der Waals surface area contributed by atoms with E-state index >= 15 is 0 Å². The lowest BCUT2D eigenvalue weighted by Crippen LogP contribution is -2.41. The molecule has 1 fully saturated rings. The molecule has 0 spiro atoms. The molecule has 0 aliphatic heterocycles. The molecule has 1 saturated carbocycles. The second-order valence-electron chi connectivity index (χ2n) is 5.46. The molecule has 1 N–H and O–H groups in total. The Morgan fingerprint density at radius 1 is 1.39 bits per heavy atom. The molecule has 2 rings (SSSR count). The van der Waals surface area contributed by atoms with Crippen LogP contribution in [-0.4, -0.2) is 13.1 Å². The predicted octanol–water partition coefficient (Wildman–Crippen LogP) is 4.19. The number of rotatable bonds is 6. The SMILES string of the molecule is CCCNCC1(Cc2ccc(Cl)c(F)c2)CCC1. The van der Waals surface area contributed by atoms with Gasteiger partial charge in [-0.05, 0) is 55.3 Å². The summed E-state index contributed by atoms with van der Waals surface area (Å²) in [5.74, 6) is -0.301. The molecule has 0 atom stereocenters. The summed E-state index contributed by atoms with van der Waals surface area (Å²) in [6, 6.07) is 5.20. The van der Waals surface area contributed by atoms with Gasteiger partial charge in [0.1, 0.15) is 5.82 Å². The zero-order chi connectivity index (χ0) is 13.0. The lowest BCUT2D eigenvalue weighted by Gasteiger charge is -2.42. The third-order valence-electron chi connectivity index (χ3n) is 3.90. The third kappa shape index (κ3) is 3.24. The molecule has 0 heterocycles. The van der Waals surface area contributed by atoms with Crippen molar-refractivity contribution in [2.75, 3.05) is 13.1 Å². The average molecular weight is 270 g/mol. The molecule has 0 aromatic heterocycles. The molecule has 100 valence electrons. The van der Waals surface area contributed by atoms with E-state index in [1.54, 1.807) is 12.1 Å². The number of nitrogens with one attached hydrogen (secondary N) is 1. The van der Waals surface area contributed by atoms with Crippen molar-refractivity contribution in [2.24, 2.45) is 5.41 Å². The maximum atomic E-state index is 13.4. The Morgan fingerprint density at radius 3 is 2.72 bits per heavy atom. The van der Waals surface area contributed by atoms with E-state index in [-0.39, 0.29) is 10.8 Å². The first kappa shape index (κ1) is 13.8. The standard InChI is InChI=1S/C15H21ClFN/c1-2-8-18-11-15(6-3-7-15)10-12-4-5-13(16)14(17)9-12/h4-5,9,18H,2-3,6-8,10-11H2,1H3. The molecule has 1 aliphatic carbocycles. The molecule has 0 unspecified atom stereocenters. The van der Waals surface area contributed by atoms with Gasteiger partial charge in [-0.1, -0.05) is 31.0 Å². The first-order valence-electron chi connectivity index (χ1n) is 6.80. The summed E-state index contributed by atoms with van der Waals surface area (Å²) < 4.78 is 13.4. The maximum absolute atomic E-state index is 13.4. The highest BCUT2D eigenvalue weighted by molar-refractivity contribution is 6.30. The fourth-order valence-corrected chi connectivity index (χ4v) is 2.82. The first-order valence-corrected chi connectivity index (χ1v) is 7.18. The highest BCUT2D eigenvalue weighted by Crippen LogP contribution is 2.43. The summed E-state index contributed by atoms with van der Waals surface area (Å²) in [5, 5.41) is 3.72. The molecule has 1 aromatic rings. The van der Waals surface area contributed by atoms with Crippen LogP contribution in [0.25, 0.3) is 0 Å². The number of benzene rings is 1. The maximum Gasteiger partial charge on any atom is 0.142 e. The van der Waals surface area contributed by atoms with Crippen LogP contribution in [0.3, 0.4) is 0 Å². The summed E-state index contributed by atoms with van der Waals surface area (Å²) in [6.45, 7) is 4.29.